The Balaban J connectivity index is 1.70. The molecule has 1 aliphatic carbocycles. The fraction of sp³-hybridized carbons (Fsp3) is 0.346. The first-order chi connectivity index (χ1) is 15.6. The van der Waals surface area contributed by atoms with Crippen LogP contribution in [0.1, 0.15) is 39.4 Å². The van der Waals surface area contributed by atoms with Crippen molar-refractivity contribution in [1.82, 2.24) is 0 Å². The fourth-order valence-electron chi connectivity index (χ4n) is 3.68. The van der Waals surface area contributed by atoms with Crippen molar-refractivity contribution in [1.29, 1.82) is 5.26 Å². The van der Waals surface area contributed by atoms with Gasteiger partial charge in [0.25, 0.3) is 0 Å². The maximum atomic E-state index is 14.3. The van der Waals surface area contributed by atoms with E-state index in [0.29, 0.717) is 11.3 Å². The molecule has 0 aliphatic heterocycles. The molecule has 1 aliphatic rings. The van der Waals surface area contributed by atoms with Crippen LogP contribution in [0.5, 0.6) is 11.5 Å². The maximum Gasteiger partial charge on any atom is 0.311 e. The molecular formula is C26H26FNO4S. The standard InChI is InChI=1S/C26H26FNO4S/c1-16(2)33-23(29)13-11-19-24(26(19,3)4)25(30)32-22(15-28)17-10-12-20(27)21(14-17)31-18-8-6-5-7-9-18/h5-14,16,19,22,24H,1-4H3/t19-,22?,24-/m0/s1. The van der Waals surface area contributed by atoms with Gasteiger partial charge in [-0.2, -0.15) is 5.26 Å². The topological polar surface area (TPSA) is 76.4 Å². The molecule has 0 radical (unpaired) electrons. The van der Waals surface area contributed by atoms with Gasteiger partial charge < -0.3 is 9.47 Å². The molecule has 2 aromatic carbocycles. The minimum atomic E-state index is -1.21. The Morgan fingerprint density at radius 1 is 1.18 bits per heavy atom. The van der Waals surface area contributed by atoms with E-state index in [9.17, 15) is 19.2 Å². The summed E-state index contributed by atoms with van der Waals surface area (Å²) < 4.78 is 25.3. The van der Waals surface area contributed by atoms with E-state index in [4.69, 9.17) is 9.47 Å². The number of esters is 1. The molecule has 172 valence electrons. The number of ether oxygens (including phenoxy) is 2. The highest BCUT2D eigenvalue weighted by molar-refractivity contribution is 8.14. The van der Waals surface area contributed by atoms with Crippen LogP contribution in [0.25, 0.3) is 0 Å². The van der Waals surface area contributed by atoms with Crippen molar-refractivity contribution in [2.24, 2.45) is 17.3 Å². The number of nitriles is 1. The summed E-state index contributed by atoms with van der Waals surface area (Å²) in [7, 11) is 0. The zero-order valence-electron chi connectivity index (χ0n) is 18.9. The zero-order chi connectivity index (χ0) is 24.2. The number of carbonyl (C=O) groups is 2. The molecule has 2 aromatic rings. The van der Waals surface area contributed by atoms with E-state index in [1.165, 1.54) is 36.0 Å². The van der Waals surface area contributed by atoms with Crippen LogP contribution >= 0.6 is 11.8 Å². The Labute approximate surface area is 197 Å². The second-order valence-electron chi connectivity index (χ2n) is 8.72. The number of rotatable bonds is 8. The number of para-hydroxylation sites is 1. The molecule has 1 fully saturated rings. The normalized spacial score (nSPS) is 19.7. The molecular weight excluding hydrogens is 441 g/mol. The van der Waals surface area contributed by atoms with Crippen LogP contribution in [0, 0.1) is 34.4 Å². The summed E-state index contributed by atoms with van der Waals surface area (Å²) in [6.45, 7) is 7.70. The lowest BCUT2D eigenvalue weighted by Crippen LogP contribution is -2.14. The summed E-state index contributed by atoms with van der Waals surface area (Å²) >= 11 is 1.22. The smallest absolute Gasteiger partial charge is 0.311 e. The number of benzene rings is 2. The van der Waals surface area contributed by atoms with E-state index in [1.807, 2.05) is 39.8 Å². The van der Waals surface area contributed by atoms with Gasteiger partial charge in [-0.3, -0.25) is 9.59 Å². The van der Waals surface area contributed by atoms with Crippen molar-refractivity contribution >= 4 is 22.8 Å². The Kier molecular flexibility index (Phi) is 7.60. The lowest BCUT2D eigenvalue weighted by atomic mass is 10.1. The number of halogens is 1. The van der Waals surface area contributed by atoms with Gasteiger partial charge in [-0.15, -0.1) is 0 Å². The van der Waals surface area contributed by atoms with Crippen LogP contribution in [0.4, 0.5) is 4.39 Å². The number of carbonyl (C=O) groups excluding carboxylic acids is 2. The number of allylic oxidation sites excluding steroid dienone is 1. The first-order valence-electron chi connectivity index (χ1n) is 10.6. The molecule has 0 aromatic heterocycles. The van der Waals surface area contributed by atoms with Crippen LogP contribution < -0.4 is 4.74 Å². The average molecular weight is 468 g/mol. The van der Waals surface area contributed by atoms with Crippen molar-refractivity contribution in [3.8, 4) is 17.6 Å². The SMILES string of the molecule is CC(C)SC(=O)C=C[C@H]1[C@@H](C(=O)OC(C#N)c2ccc(F)c(Oc3ccccc3)c2)C1(C)C. The summed E-state index contributed by atoms with van der Waals surface area (Å²) in [5, 5.41) is 9.73. The van der Waals surface area contributed by atoms with Gasteiger partial charge in [0.2, 0.25) is 11.2 Å². The highest BCUT2D eigenvalue weighted by Crippen LogP contribution is 2.59. The third-order valence-electron chi connectivity index (χ3n) is 5.54. The summed E-state index contributed by atoms with van der Waals surface area (Å²) in [6.07, 6.45) is 2.03. The molecule has 3 atom stereocenters. The van der Waals surface area contributed by atoms with Crippen molar-refractivity contribution in [3.63, 3.8) is 0 Å². The highest BCUT2D eigenvalue weighted by Gasteiger charge is 2.61. The van der Waals surface area contributed by atoms with E-state index in [-0.39, 0.29) is 27.4 Å². The van der Waals surface area contributed by atoms with Gasteiger partial charge in [0.05, 0.1) is 5.92 Å². The van der Waals surface area contributed by atoms with Crippen molar-refractivity contribution in [3.05, 3.63) is 72.1 Å². The number of hydrogen-bond acceptors (Lipinski definition) is 6. The van der Waals surface area contributed by atoms with Gasteiger partial charge in [0.15, 0.2) is 11.6 Å². The largest absolute Gasteiger partial charge is 0.454 e. The minimum absolute atomic E-state index is 0.0630. The lowest BCUT2D eigenvalue weighted by molar-refractivity contribution is -0.149. The second kappa shape index (κ2) is 10.2. The second-order valence-corrected chi connectivity index (χ2v) is 10.3. The number of thioether (sulfide) groups is 1. The van der Waals surface area contributed by atoms with E-state index >= 15 is 0 Å². The molecule has 33 heavy (non-hydrogen) atoms. The predicted molar refractivity (Wildman–Crippen MR) is 125 cm³/mol. The summed E-state index contributed by atoms with van der Waals surface area (Å²) in [5.74, 6) is -1.38. The quantitative estimate of drug-likeness (QED) is 0.339. The summed E-state index contributed by atoms with van der Waals surface area (Å²) in [6, 6.07) is 14.6. The molecule has 7 heteroatoms. The summed E-state index contributed by atoms with van der Waals surface area (Å²) in [5.41, 5.74) is -0.0759. The fourth-order valence-corrected chi connectivity index (χ4v) is 4.30. The van der Waals surface area contributed by atoms with Gasteiger partial charge in [-0.05, 0) is 41.7 Å². The Hall–Kier alpha value is -3.11. The minimum Gasteiger partial charge on any atom is -0.454 e. The van der Waals surface area contributed by atoms with Gasteiger partial charge >= 0.3 is 5.97 Å². The first kappa shape index (κ1) is 24.5. The number of nitrogens with zero attached hydrogens (tertiary/aromatic N) is 1. The van der Waals surface area contributed by atoms with E-state index in [0.717, 1.165) is 0 Å². The van der Waals surface area contributed by atoms with Crippen molar-refractivity contribution in [2.45, 2.75) is 39.0 Å². The summed E-state index contributed by atoms with van der Waals surface area (Å²) in [4.78, 5) is 24.8. The molecule has 5 nitrogen and oxygen atoms in total. The molecule has 0 spiro atoms. The molecule has 3 rings (SSSR count). The maximum absolute atomic E-state index is 14.3. The first-order valence-corrected chi connectivity index (χ1v) is 11.5. The van der Waals surface area contributed by atoms with E-state index < -0.39 is 23.8 Å². The van der Waals surface area contributed by atoms with Gasteiger partial charge in [-0.25, -0.2) is 4.39 Å². The molecule has 0 saturated heterocycles. The molecule has 0 N–H and O–H groups in total. The van der Waals surface area contributed by atoms with Crippen LogP contribution in [-0.4, -0.2) is 16.3 Å². The van der Waals surface area contributed by atoms with Crippen LogP contribution in [0.2, 0.25) is 0 Å². The van der Waals surface area contributed by atoms with Gasteiger partial charge in [0, 0.05) is 10.8 Å². The van der Waals surface area contributed by atoms with Crippen LogP contribution in [-0.2, 0) is 14.3 Å². The monoisotopic (exact) mass is 467 g/mol. The van der Waals surface area contributed by atoms with E-state index in [2.05, 4.69) is 0 Å². The van der Waals surface area contributed by atoms with E-state index in [1.54, 1.807) is 30.3 Å². The molecule has 1 unspecified atom stereocenters. The highest BCUT2D eigenvalue weighted by atomic mass is 32.2. The third kappa shape index (κ3) is 6.02. The molecule has 0 bridgehead atoms. The van der Waals surface area contributed by atoms with Gasteiger partial charge in [-0.1, -0.05) is 69.8 Å². The lowest BCUT2D eigenvalue weighted by Gasteiger charge is -2.14. The Morgan fingerprint density at radius 2 is 1.88 bits per heavy atom. The van der Waals surface area contributed by atoms with Crippen LogP contribution in [0.15, 0.2) is 60.7 Å². The van der Waals surface area contributed by atoms with Crippen molar-refractivity contribution < 1.29 is 23.5 Å². The van der Waals surface area contributed by atoms with Crippen LogP contribution in [0.3, 0.4) is 0 Å². The Bertz CT molecular complexity index is 1090. The molecule has 1 saturated carbocycles. The third-order valence-corrected chi connectivity index (χ3v) is 6.38. The molecule has 0 heterocycles. The molecule has 0 amide bonds. The zero-order valence-corrected chi connectivity index (χ0v) is 19.8. The Morgan fingerprint density at radius 3 is 2.52 bits per heavy atom. The average Bonchev–Trinajstić information content (AvgIpc) is 3.32. The number of hydrogen-bond donors (Lipinski definition) is 0. The van der Waals surface area contributed by atoms with Gasteiger partial charge in [0.1, 0.15) is 11.8 Å². The van der Waals surface area contributed by atoms with Crippen molar-refractivity contribution in [2.75, 3.05) is 0 Å². The predicted octanol–water partition coefficient (Wildman–Crippen LogP) is 6.22.